The highest BCUT2D eigenvalue weighted by Gasteiger charge is 2.22. The van der Waals surface area contributed by atoms with Crippen LogP contribution in [0.15, 0.2) is 4.99 Å². The van der Waals surface area contributed by atoms with Gasteiger partial charge in [-0.3, -0.25) is 4.99 Å². The first-order valence-corrected chi connectivity index (χ1v) is 5.86. The molecule has 0 amide bonds. The van der Waals surface area contributed by atoms with Crippen molar-refractivity contribution < 1.29 is 0 Å². The summed E-state index contributed by atoms with van der Waals surface area (Å²) in [5.74, 6) is 2.04. The minimum Gasteiger partial charge on any atom is -0.361 e. The lowest BCUT2D eigenvalue weighted by molar-refractivity contribution is 0.353. The molecule has 0 unspecified atom stereocenters. The fraction of sp³-hybridized carbons (Fsp3) is 0.917. The maximum Gasteiger partial charge on any atom is 0.102 e. The van der Waals surface area contributed by atoms with Crippen LogP contribution in [0, 0.1) is 5.92 Å². The number of hydrogen-bond acceptors (Lipinski definition) is 1. The van der Waals surface area contributed by atoms with Gasteiger partial charge in [-0.1, -0.05) is 19.3 Å². The minimum atomic E-state index is 0.565. The van der Waals surface area contributed by atoms with E-state index in [1.165, 1.54) is 37.9 Å². The molecule has 0 spiro atoms. The Morgan fingerprint density at radius 1 is 1.21 bits per heavy atom. The van der Waals surface area contributed by atoms with Gasteiger partial charge in [0, 0.05) is 26.1 Å². The SMILES string of the molecule is CN=C(C1CCCCC1)N(C)C(C)C. The Kier molecular flexibility index (Phi) is 4.43. The minimum absolute atomic E-state index is 0.565. The Morgan fingerprint density at radius 2 is 1.79 bits per heavy atom. The molecule has 0 N–H and O–H groups in total. The lowest BCUT2D eigenvalue weighted by Crippen LogP contribution is -2.38. The molecular formula is C12H24N2. The van der Waals surface area contributed by atoms with Crippen LogP contribution in [0.5, 0.6) is 0 Å². The van der Waals surface area contributed by atoms with Crippen molar-refractivity contribution in [2.75, 3.05) is 14.1 Å². The molecule has 1 fully saturated rings. The average Bonchev–Trinajstić information content (AvgIpc) is 2.20. The molecule has 82 valence electrons. The van der Waals surface area contributed by atoms with Gasteiger partial charge in [0.25, 0.3) is 0 Å². The molecule has 0 aromatic heterocycles. The summed E-state index contributed by atoms with van der Waals surface area (Å²) in [4.78, 5) is 6.80. The molecule has 0 aliphatic heterocycles. The molecule has 1 aliphatic carbocycles. The second-order valence-corrected chi connectivity index (χ2v) is 4.62. The highest BCUT2D eigenvalue weighted by atomic mass is 15.2. The molecule has 2 heteroatoms. The van der Waals surface area contributed by atoms with E-state index < -0.39 is 0 Å². The maximum atomic E-state index is 4.48. The van der Waals surface area contributed by atoms with E-state index in [0.29, 0.717) is 6.04 Å². The van der Waals surface area contributed by atoms with Crippen molar-refractivity contribution in [3.63, 3.8) is 0 Å². The Bertz CT molecular complexity index is 190. The largest absolute Gasteiger partial charge is 0.361 e. The first-order valence-electron chi connectivity index (χ1n) is 5.86. The van der Waals surface area contributed by atoms with Gasteiger partial charge < -0.3 is 4.90 Å². The first kappa shape index (κ1) is 11.5. The van der Waals surface area contributed by atoms with Crippen LogP contribution < -0.4 is 0 Å². The fourth-order valence-corrected chi connectivity index (χ4v) is 2.25. The van der Waals surface area contributed by atoms with Gasteiger partial charge in [-0.25, -0.2) is 0 Å². The van der Waals surface area contributed by atoms with Crippen LogP contribution in [0.3, 0.4) is 0 Å². The van der Waals surface area contributed by atoms with Gasteiger partial charge >= 0.3 is 0 Å². The number of hydrogen-bond donors (Lipinski definition) is 0. The Balaban J connectivity index is 2.61. The van der Waals surface area contributed by atoms with Crippen molar-refractivity contribution >= 4 is 5.84 Å². The standard InChI is InChI=1S/C12H24N2/c1-10(2)14(4)12(13-3)11-8-6-5-7-9-11/h10-11H,5-9H2,1-4H3. The van der Waals surface area contributed by atoms with Crippen LogP contribution in [-0.4, -0.2) is 30.9 Å². The van der Waals surface area contributed by atoms with Gasteiger partial charge in [-0.05, 0) is 26.7 Å². The number of rotatable bonds is 2. The van der Waals surface area contributed by atoms with Crippen LogP contribution in [0.4, 0.5) is 0 Å². The number of aliphatic imine (C=N–C) groups is 1. The zero-order valence-electron chi connectivity index (χ0n) is 10.1. The maximum absolute atomic E-state index is 4.48. The third-order valence-electron chi connectivity index (χ3n) is 3.34. The second kappa shape index (κ2) is 5.38. The smallest absolute Gasteiger partial charge is 0.102 e. The molecule has 0 aromatic carbocycles. The highest BCUT2D eigenvalue weighted by Crippen LogP contribution is 2.26. The molecule has 0 atom stereocenters. The molecular weight excluding hydrogens is 172 g/mol. The van der Waals surface area contributed by atoms with Crippen LogP contribution in [-0.2, 0) is 0 Å². The molecule has 14 heavy (non-hydrogen) atoms. The summed E-state index contributed by atoms with van der Waals surface area (Å²) in [5.41, 5.74) is 0. The van der Waals surface area contributed by atoms with Crippen LogP contribution in [0.1, 0.15) is 46.0 Å². The number of amidine groups is 1. The third kappa shape index (κ3) is 2.73. The lowest BCUT2D eigenvalue weighted by Gasteiger charge is -2.32. The molecule has 0 aromatic rings. The van der Waals surface area contributed by atoms with Crippen molar-refractivity contribution in [2.24, 2.45) is 10.9 Å². The summed E-state index contributed by atoms with van der Waals surface area (Å²) in [5, 5.41) is 0. The van der Waals surface area contributed by atoms with Gasteiger partial charge in [-0.2, -0.15) is 0 Å². The third-order valence-corrected chi connectivity index (χ3v) is 3.34. The predicted molar refractivity (Wildman–Crippen MR) is 62.8 cm³/mol. The molecule has 2 nitrogen and oxygen atoms in total. The highest BCUT2D eigenvalue weighted by molar-refractivity contribution is 5.84. The van der Waals surface area contributed by atoms with Crippen LogP contribution >= 0.6 is 0 Å². The van der Waals surface area contributed by atoms with Crippen LogP contribution in [0.25, 0.3) is 0 Å². The van der Waals surface area contributed by atoms with Crippen molar-refractivity contribution in [3.05, 3.63) is 0 Å². The van der Waals surface area contributed by atoms with E-state index >= 15 is 0 Å². The van der Waals surface area contributed by atoms with E-state index in [2.05, 4.69) is 30.8 Å². The molecule has 1 aliphatic rings. The molecule has 1 saturated carbocycles. The quantitative estimate of drug-likeness (QED) is 0.490. The van der Waals surface area contributed by atoms with E-state index in [1.807, 2.05) is 7.05 Å². The van der Waals surface area contributed by atoms with E-state index in [4.69, 9.17) is 0 Å². The zero-order chi connectivity index (χ0) is 10.6. The van der Waals surface area contributed by atoms with Crippen LogP contribution in [0.2, 0.25) is 0 Å². The summed E-state index contributed by atoms with van der Waals surface area (Å²) in [6.07, 6.45) is 6.86. The normalized spacial score (nSPS) is 20.2. The predicted octanol–water partition coefficient (Wildman–Crippen LogP) is 2.94. The van der Waals surface area contributed by atoms with Gasteiger partial charge in [0.05, 0.1) is 0 Å². The Hall–Kier alpha value is -0.530. The molecule has 1 rings (SSSR count). The Morgan fingerprint density at radius 3 is 2.21 bits per heavy atom. The summed E-state index contributed by atoms with van der Waals surface area (Å²) < 4.78 is 0. The van der Waals surface area contributed by atoms with Gasteiger partial charge in [-0.15, -0.1) is 0 Å². The Labute approximate surface area is 88.4 Å². The topological polar surface area (TPSA) is 15.6 Å². The van der Waals surface area contributed by atoms with Crippen molar-refractivity contribution in [1.82, 2.24) is 4.90 Å². The second-order valence-electron chi connectivity index (χ2n) is 4.62. The van der Waals surface area contributed by atoms with E-state index in [0.717, 1.165) is 5.92 Å². The summed E-state index contributed by atoms with van der Waals surface area (Å²) in [7, 11) is 4.10. The molecule has 0 bridgehead atoms. The fourth-order valence-electron chi connectivity index (χ4n) is 2.25. The number of nitrogens with zero attached hydrogens (tertiary/aromatic N) is 2. The summed E-state index contributed by atoms with van der Waals surface area (Å²) in [6.45, 7) is 4.46. The van der Waals surface area contributed by atoms with Crippen molar-refractivity contribution in [3.8, 4) is 0 Å². The van der Waals surface area contributed by atoms with E-state index in [9.17, 15) is 0 Å². The molecule has 0 saturated heterocycles. The average molecular weight is 196 g/mol. The molecule has 0 radical (unpaired) electrons. The van der Waals surface area contributed by atoms with E-state index in [-0.39, 0.29) is 0 Å². The van der Waals surface area contributed by atoms with Crippen molar-refractivity contribution in [1.29, 1.82) is 0 Å². The summed E-state index contributed by atoms with van der Waals surface area (Å²) in [6, 6.07) is 0.565. The van der Waals surface area contributed by atoms with Gasteiger partial charge in [0.2, 0.25) is 0 Å². The monoisotopic (exact) mass is 196 g/mol. The molecule has 0 heterocycles. The van der Waals surface area contributed by atoms with Crippen molar-refractivity contribution in [2.45, 2.75) is 52.0 Å². The lowest BCUT2D eigenvalue weighted by atomic mass is 9.87. The first-order chi connectivity index (χ1) is 6.66. The van der Waals surface area contributed by atoms with E-state index in [1.54, 1.807) is 0 Å². The zero-order valence-corrected chi connectivity index (χ0v) is 10.1. The summed E-state index contributed by atoms with van der Waals surface area (Å²) >= 11 is 0. The van der Waals surface area contributed by atoms with Gasteiger partial charge in [0.15, 0.2) is 0 Å². The van der Waals surface area contributed by atoms with Gasteiger partial charge in [0.1, 0.15) is 5.84 Å².